The van der Waals surface area contributed by atoms with E-state index in [4.69, 9.17) is 9.47 Å². The first-order valence-electron chi connectivity index (χ1n) is 16.2. The Morgan fingerprint density at radius 3 is 1.73 bits per heavy atom. The van der Waals surface area contributed by atoms with Crippen LogP contribution in [0.2, 0.25) is 25.2 Å². The molecule has 0 radical (unpaired) electrons. The fourth-order valence-corrected chi connectivity index (χ4v) is 7.21. The smallest absolute Gasteiger partial charge is 0.460 e. The van der Waals surface area contributed by atoms with Crippen LogP contribution in [0.25, 0.3) is 11.4 Å². The molecule has 0 unspecified atom stereocenters. The highest BCUT2D eigenvalue weighted by atomic mass is 28.3. The second-order valence-corrected chi connectivity index (χ2v) is 18.4. The standard InChI is InChI=1S/C32H39F15N2O2Si/c1-4-5-6-9-24(33)25(34)20-51-23-18-48-26(49-19-23)21-10-12-22(13-11-21)50-15-7-8-16-52(2,3)17-14-27(35,36)28(37,38)29(39,40)30(41,42)31(43,44)32(45,46)47/h10-13,18-19,24-25H,4-9,14-17,20H2,1-3H3/t24-,25-/m1/s1. The van der Waals surface area contributed by atoms with Crippen LogP contribution in [0.3, 0.4) is 0 Å². The van der Waals surface area contributed by atoms with Crippen LogP contribution >= 0.6 is 0 Å². The van der Waals surface area contributed by atoms with Crippen molar-refractivity contribution in [3.63, 3.8) is 0 Å². The highest BCUT2D eigenvalue weighted by Crippen LogP contribution is 2.61. The molecule has 1 heterocycles. The van der Waals surface area contributed by atoms with Crippen molar-refractivity contribution in [2.75, 3.05) is 13.2 Å². The molecule has 0 aliphatic rings. The van der Waals surface area contributed by atoms with Gasteiger partial charge in [0.2, 0.25) is 0 Å². The van der Waals surface area contributed by atoms with Crippen molar-refractivity contribution in [3.8, 4) is 22.9 Å². The summed E-state index contributed by atoms with van der Waals surface area (Å²) in [5, 5.41) is 0. The highest BCUT2D eigenvalue weighted by molar-refractivity contribution is 6.77. The van der Waals surface area contributed by atoms with Gasteiger partial charge >= 0.3 is 35.8 Å². The summed E-state index contributed by atoms with van der Waals surface area (Å²) in [6, 6.07) is 5.62. The van der Waals surface area contributed by atoms with Crippen molar-refractivity contribution in [2.45, 2.75) is 125 Å². The Morgan fingerprint density at radius 2 is 1.19 bits per heavy atom. The van der Waals surface area contributed by atoms with Crippen LogP contribution in [0.1, 0.15) is 51.9 Å². The van der Waals surface area contributed by atoms with Crippen molar-refractivity contribution in [1.29, 1.82) is 0 Å². The second-order valence-electron chi connectivity index (χ2n) is 13.1. The summed E-state index contributed by atoms with van der Waals surface area (Å²) in [7, 11) is -2.95. The maximum absolute atomic E-state index is 14.2. The van der Waals surface area contributed by atoms with Crippen molar-refractivity contribution in [1.82, 2.24) is 9.97 Å². The van der Waals surface area contributed by atoms with Gasteiger partial charge in [-0.1, -0.05) is 57.8 Å². The van der Waals surface area contributed by atoms with Crippen LogP contribution in [0.15, 0.2) is 36.7 Å². The van der Waals surface area contributed by atoms with Crippen molar-refractivity contribution < 1.29 is 75.3 Å². The fourth-order valence-electron chi connectivity index (χ4n) is 4.77. The molecule has 2 atom stereocenters. The lowest BCUT2D eigenvalue weighted by Gasteiger charge is -2.40. The van der Waals surface area contributed by atoms with Crippen LogP contribution in [0.5, 0.6) is 11.5 Å². The van der Waals surface area contributed by atoms with E-state index in [9.17, 15) is 65.9 Å². The Labute approximate surface area is 291 Å². The van der Waals surface area contributed by atoms with E-state index in [1.54, 1.807) is 24.3 Å². The van der Waals surface area contributed by atoms with Crippen molar-refractivity contribution >= 4 is 8.07 Å². The molecule has 0 saturated carbocycles. The first-order chi connectivity index (χ1) is 23.7. The largest absolute Gasteiger partial charge is 0.494 e. The average molecular weight is 797 g/mol. The molecule has 0 amide bonds. The molecule has 0 fully saturated rings. The van der Waals surface area contributed by atoms with E-state index in [1.165, 1.54) is 25.5 Å². The Hall–Kier alpha value is -2.93. The Kier molecular flexibility index (Phi) is 15.2. The molecule has 0 N–H and O–H groups in total. The minimum atomic E-state index is -7.90. The van der Waals surface area contributed by atoms with Crippen LogP contribution in [0, 0.1) is 0 Å². The first kappa shape index (κ1) is 45.2. The molecule has 0 aliphatic heterocycles. The molecule has 0 bridgehead atoms. The molecular weight excluding hydrogens is 757 g/mol. The lowest BCUT2D eigenvalue weighted by Crippen LogP contribution is -2.70. The first-order valence-corrected chi connectivity index (χ1v) is 19.6. The fraction of sp³-hybridized carbons (Fsp3) is 0.688. The van der Waals surface area contributed by atoms with Crippen LogP contribution in [0.4, 0.5) is 65.9 Å². The van der Waals surface area contributed by atoms with Gasteiger partial charge in [0.05, 0.1) is 19.0 Å². The quantitative estimate of drug-likeness (QED) is 0.0676. The molecule has 298 valence electrons. The molecule has 52 heavy (non-hydrogen) atoms. The maximum atomic E-state index is 14.2. The zero-order chi connectivity index (χ0) is 39.8. The number of nitrogens with zero attached hydrogens (tertiary/aromatic N) is 2. The van der Waals surface area contributed by atoms with Crippen LogP contribution in [-0.4, -0.2) is 79.4 Å². The van der Waals surface area contributed by atoms with Crippen LogP contribution in [-0.2, 0) is 0 Å². The number of rotatable bonds is 22. The summed E-state index contributed by atoms with van der Waals surface area (Å²) < 4.78 is 213. The van der Waals surface area contributed by atoms with Gasteiger partial charge in [-0.2, -0.15) is 57.1 Å². The summed E-state index contributed by atoms with van der Waals surface area (Å²) in [6.07, 6.45) is -7.51. The SMILES string of the molecule is CCCCC[C@@H](F)[C@H](F)COc1cnc(-c2ccc(OCCCC[Si](C)(C)CCC(F)(F)C(F)(F)C(F)(F)C(F)(F)C(F)(F)C(F)(F)F)cc2)nc1. The lowest BCUT2D eigenvalue weighted by atomic mass is 9.93. The lowest BCUT2D eigenvalue weighted by molar-refractivity contribution is -0.439. The van der Waals surface area contributed by atoms with Gasteiger partial charge in [-0.05, 0) is 37.1 Å². The van der Waals surface area contributed by atoms with Crippen molar-refractivity contribution in [2.24, 2.45) is 0 Å². The van der Waals surface area contributed by atoms with Gasteiger partial charge in [0, 0.05) is 20.1 Å². The number of halogens is 15. The second kappa shape index (κ2) is 17.5. The summed E-state index contributed by atoms with van der Waals surface area (Å²) in [6.45, 7) is 4.32. The molecule has 1 aromatic carbocycles. The number of alkyl halides is 15. The minimum Gasteiger partial charge on any atom is -0.494 e. The number of ether oxygens (including phenoxy) is 2. The monoisotopic (exact) mass is 796 g/mol. The molecular formula is C32H39F15N2O2Si. The third kappa shape index (κ3) is 10.8. The van der Waals surface area contributed by atoms with E-state index >= 15 is 0 Å². The van der Waals surface area contributed by atoms with E-state index in [2.05, 4.69) is 9.97 Å². The molecule has 2 rings (SSSR count). The number of unbranched alkanes of at least 4 members (excludes halogenated alkanes) is 3. The molecule has 2 aromatic rings. The van der Waals surface area contributed by atoms with Gasteiger partial charge in [-0.25, -0.2) is 18.7 Å². The Bertz CT molecular complexity index is 1380. The minimum absolute atomic E-state index is 0.0865. The number of benzene rings is 1. The van der Waals surface area contributed by atoms with Gasteiger partial charge in [-0.3, -0.25) is 0 Å². The normalized spacial score (nSPS) is 15.0. The van der Waals surface area contributed by atoms with E-state index in [0.717, 1.165) is 12.8 Å². The molecule has 1 aromatic heterocycles. The van der Waals surface area contributed by atoms with Gasteiger partial charge < -0.3 is 9.47 Å². The number of hydrogen-bond donors (Lipinski definition) is 0. The molecule has 0 saturated heterocycles. The van der Waals surface area contributed by atoms with E-state index in [-0.39, 0.29) is 37.1 Å². The number of hydrogen-bond acceptors (Lipinski definition) is 4. The van der Waals surface area contributed by atoms with Gasteiger partial charge in [-0.15, -0.1) is 0 Å². The Morgan fingerprint density at radius 1 is 0.635 bits per heavy atom. The van der Waals surface area contributed by atoms with Crippen molar-refractivity contribution in [3.05, 3.63) is 36.7 Å². The molecule has 20 heteroatoms. The summed E-state index contributed by atoms with van der Waals surface area (Å²) in [4.78, 5) is 8.27. The zero-order valence-electron chi connectivity index (χ0n) is 28.3. The molecule has 4 nitrogen and oxygen atoms in total. The van der Waals surface area contributed by atoms with E-state index < -0.39 is 75.3 Å². The summed E-state index contributed by atoms with van der Waals surface area (Å²) >= 11 is 0. The van der Waals surface area contributed by atoms with Gasteiger partial charge in [0.25, 0.3) is 0 Å². The third-order valence-corrected chi connectivity index (χ3v) is 11.6. The predicted octanol–water partition coefficient (Wildman–Crippen LogP) is 11.8. The van der Waals surface area contributed by atoms with Gasteiger partial charge in [0.1, 0.15) is 18.5 Å². The average Bonchev–Trinajstić information content (AvgIpc) is 3.06. The topological polar surface area (TPSA) is 44.2 Å². The summed E-state index contributed by atoms with van der Waals surface area (Å²) in [5.74, 6) is -35.9. The van der Waals surface area contributed by atoms with Gasteiger partial charge in [0.15, 0.2) is 17.7 Å². The number of aromatic nitrogens is 2. The Balaban J connectivity index is 1.84. The highest BCUT2D eigenvalue weighted by Gasteiger charge is 2.90. The molecule has 0 aliphatic carbocycles. The molecule has 0 spiro atoms. The van der Waals surface area contributed by atoms with Crippen LogP contribution < -0.4 is 9.47 Å². The third-order valence-electron chi connectivity index (χ3n) is 8.26. The van der Waals surface area contributed by atoms with E-state index in [0.29, 0.717) is 24.2 Å². The summed E-state index contributed by atoms with van der Waals surface area (Å²) in [5.41, 5.74) is 0.563. The predicted molar refractivity (Wildman–Crippen MR) is 164 cm³/mol. The zero-order valence-corrected chi connectivity index (χ0v) is 29.3. The maximum Gasteiger partial charge on any atom is 0.460 e. The van der Waals surface area contributed by atoms with E-state index in [1.807, 2.05) is 6.92 Å².